The quantitative estimate of drug-likeness (QED) is 0.387. The van der Waals surface area contributed by atoms with Crippen LogP contribution < -0.4 is 14.2 Å². The highest BCUT2D eigenvalue weighted by Gasteiger charge is 2.14. The first-order valence-corrected chi connectivity index (χ1v) is 9.97. The Labute approximate surface area is 185 Å². The van der Waals surface area contributed by atoms with Crippen LogP contribution in [0.5, 0.6) is 17.4 Å². The molecule has 0 spiro atoms. The zero-order chi connectivity index (χ0) is 22.3. The first-order valence-electron chi connectivity index (χ1n) is 9.97. The zero-order valence-corrected chi connectivity index (χ0v) is 17.7. The van der Waals surface area contributed by atoms with Crippen molar-refractivity contribution in [2.45, 2.75) is 20.1 Å². The molecule has 0 aliphatic rings. The summed E-state index contributed by atoms with van der Waals surface area (Å²) in [5.41, 5.74) is 2.87. The first-order chi connectivity index (χ1) is 15.7. The molecule has 0 aliphatic carbocycles. The van der Waals surface area contributed by atoms with Crippen molar-refractivity contribution in [1.82, 2.24) is 9.97 Å². The van der Waals surface area contributed by atoms with Crippen LogP contribution >= 0.6 is 0 Å². The van der Waals surface area contributed by atoms with E-state index in [4.69, 9.17) is 23.9 Å². The maximum Gasteiger partial charge on any atom is 0.231 e. The monoisotopic (exact) mass is 427 g/mol. The number of aromatic nitrogens is 2. The van der Waals surface area contributed by atoms with Gasteiger partial charge < -0.3 is 18.6 Å². The number of rotatable bonds is 8. The van der Waals surface area contributed by atoms with Gasteiger partial charge in [-0.2, -0.15) is 5.26 Å². The average Bonchev–Trinajstić information content (AvgIpc) is 3.22. The summed E-state index contributed by atoms with van der Waals surface area (Å²) in [5, 5.41) is 9.15. The Morgan fingerprint density at radius 2 is 1.81 bits per heavy atom. The number of nitrogens with zero attached hydrogens (tertiary/aromatic N) is 3. The number of hydrogen-bond acceptors (Lipinski definition) is 7. The summed E-state index contributed by atoms with van der Waals surface area (Å²) < 4.78 is 22.9. The van der Waals surface area contributed by atoms with E-state index in [1.54, 1.807) is 25.4 Å². The smallest absolute Gasteiger partial charge is 0.231 e. The minimum atomic E-state index is 0.241. The lowest BCUT2D eigenvalue weighted by atomic mass is 10.2. The van der Waals surface area contributed by atoms with E-state index in [2.05, 4.69) is 16.0 Å². The second-order valence-electron chi connectivity index (χ2n) is 6.92. The van der Waals surface area contributed by atoms with E-state index in [1.165, 1.54) is 0 Å². The van der Waals surface area contributed by atoms with Crippen molar-refractivity contribution in [1.29, 1.82) is 5.26 Å². The molecule has 0 amide bonds. The van der Waals surface area contributed by atoms with Gasteiger partial charge in [-0.15, -0.1) is 0 Å². The highest BCUT2D eigenvalue weighted by Crippen LogP contribution is 2.30. The number of methoxy groups -OCH3 is 1. The van der Waals surface area contributed by atoms with Crippen molar-refractivity contribution in [2.75, 3.05) is 7.11 Å². The number of hydrogen-bond donors (Lipinski definition) is 0. The van der Waals surface area contributed by atoms with Gasteiger partial charge >= 0.3 is 0 Å². The minimum Gasteiger partial charge on any atom is -0.493 e. The third kappa shape index (κ3) is 4.71. The normalized spacial score (nSPS) is 10.4. The molecule has 160 valence electrons. The zero-order valence-electron chi connectivity index (χ0n) is 17.7. The molecule has 0 unspecified atom stereocenters. The van der Waals surface area contributed by atoms with Crippen molar-refractivity contribution in [3.8, 4) is 34.9 Å². The molecule has 0 aliphatic heterocycles. The fraction of sp³-hybridized carbons (Fsp3) is 0.160. The topological polar surface area (TPSA) is 90.4 Å². The fourth-order valence-electron chi connectivity index (χ4n) is 3.08. The number of ether oxygens (including phenoxy) is 3. The van der Waals surface area contributed by atoms with Crippen LogP contribution in [-0.4, -0.2) is 17.1 Å². The summed E-state index contributed by atoms with van der Waals surface area (Å²) in [6.07, 6.45) is 1.59. The van der Waals surface area contributed by atoms with Crippen LogP contribution in [0, 0.1) is 18.3 Å². The Morgan fingerprint density at radius 1 is 0.969 bits per heavy atom. The molecule has 0 saturated carbocycles. The van der Waals surface area contributed by atoms with Gasteiger partial charge in [0.2, 0.25) is 11.8 Å². The molecule has 32 heavy (non-hydrogen) atoms. The molecular formula is C25H21N3O4. The second kappa shape index (κ2) is 9.67. The molecule has 0 bridgehead atoms. The summed E-state index contributed by atoms with van der Waals surface area (Å²) in [5.74, 6) is 2.71. The molecule has 7 nitrogen and oxygen atoms in total. The van der Waals surface area contributed by atoms with Crippen LogP contribution in [0.4, 0.5) is 0 Å². The van der Waals surface area contributed by atoms with Gasteiger partial charge in [-0.3, -0.25) is 0 Å². The van der Waals surface area contributed by atoms with E-state index in [0.29, 0.717) is 34.6 Å². The minimum absolute atomic E-state index is 0.241. The number of oxazole rings is 1. The molecular weight excluding hydrogens is 406 g/mol. The van der Waals surface area contributed by atoms with E-state index in [9.17, 15) is 0 Å². The van der Waals surface area contributed by atoms with E-state index in [-0.39, 0.29) is 13.2 Å². The average molecular weight is 427 g/mol. The molecule has 0 atom stereocenters. The van der Waals surface area contributed by atoms with Crippen LogP contribution in [0.2, 0.25) is 0 Å². The highest BCUT2D eigenvalue weighted by molar-refractivity contribution is 5.53. The number of benzene rings is 2. The molecule has 4 aromatic rings. The molecule has 4 rings (SSSR count). The summed E-state index contributed by atoms with van der Waals surface area (Å²) >= 11 is 0. The maximum absolute atomic E-state index is 9.15. The molecule has 0 radical (unpaired) electrons. The molecule has 0 N–H and O–H groups in total. The Kier molecular flexibility index (Phi) is 6.33. The van der Waals surface area contributed by atoms with Crippen LogP contribution in [-0.2, 0) is 13.2 Å². The van der Waals surface area contributed by atoms with Crippen molar-refractivity contribution in [3.63, 3.8) is 0 Å². The lowest BCUT2D eigenvalue weighted by Gasteiger charge is -2.12. The standard InChI is InChI=1S/C25H21N3O4/c1-17-21(28-25(32-17)19-7-4-3-5-8-19)16-30-22-11-10-18(13-23(22)29-2)15-31-24-20(14-26)9-6-12-27-24/h3-13H,15-16H2,1-2H3. The maximum atomic E-state index is 9.15. The van der Waals surface area contributed by atoms with Crippen molar-refractivity contribution in [2.24, 2.45) is 0 Å². The third-order valence-corrected chi connectivity index (χ3v) is 4.77. The summed E-state index contributed by atoms with van der Waals surface area (Å²) in [6.45, 7) is 2.35. The number of nitriles is 1. The van der Waals surface area contributed by atoms with Gasteiger partial charge in [0, 0.05) is 11.8 Å². The lowest BCUT2D eigenvalue weighted by molar-refractivity contribution is 0.275. The van der Waals surface area contributed by atoms with Crippen LogP contribution in [0.25, 0.3) is 11.5 Å². The Bertz CT molecular complexity index is 1250. The van der Waals surface area contributed by atoms with Gasteiger partial charge in [-0.05, 0) is 48.9 Å². The Morgan fingerprint density at radius 3 is 2.59 bits per heavy atom. The number of aryl methyl sites for hydroxylation is 1. The van der Waals surface area contributed by atoms with Crippen LogP contribution in [0.3, 0.4) is 0 Å². The van der Waals surface area contributed by atoms with Gasteiger partial charge in [0.05, 0.1) is 7.11 Å². The van der Waals surface area contributed by atoms with Gasteiger partial charge in [0.15, 0.2) is 11.5 Å². The number of pyridine rings is 1. The van der Waals surface area contributed by atoms with Gasteiger partial charge in [0.25, 0.3) is 0 Å². The van der Waals surface area contributed by atoms with Gasteiger partial charge in [-0.25, -0.2) is 9.97 Å². The Balaban J connectivity index is 1.44. The summed E-state index contributed by atoms with van der Waals surface area (Å²) in [6, 6.07) is 20.7. The van der Waals surface area contributed by atoms with Crippen LogP contribution in [0.15, 0.2) is 71.3 Å². The SMILES string of the molecule is COc1cc(COc2ncccc2C#N)ccc1OCc1nc(-c2ccccc2)oc1C. The summed E-state index contributed by atoms with van der Waals surface area (Å²) in [4.78, 5) is 8.67. The second-order valence-corrected chi connectivity index (χ2v) is 6.92. The van der Waals surface area contributed by atoms with E-state index in [1.807, 2.05) is 55.5 Å². The molecule has 7 heteroatoms. The summed E-state index contributed by atoms with van der Waals surface area (Å²) in [7, 11) is 1.58. The van der Waals surface area contributed by atoms with Crippen molar-refractivity contribution < 1.29 is 18.6 Å². The largest absolute Gasteiger partial charge is 0.493 e. The van der Waals surface area contributed by atoms with Crippen molar-refractivity contribution in [3.05, 3.63) is 89.4 Å². The van der Waals surface area contributed by atoms with Crippen LogP contribution in [0.1, 0.15) is 22.6 Å². The molecule has 0 saturated heterocycles. The lowest BCUT2D eigenvalue weighted by Crippen LogP contribution is -2.02. The molecule has 2 aromatic heterocycles. The van der Waals surface area contributed by atoms with E-state index in [0.717, 1.165) is 16.8 Å². The first kappa shape index (κ1) is 20.9. The van der Waals surface area contributed by atoms with Gasteiger partial charge in [-0.1, -0.05) is 24.3 Å². The fourth-order valence-corrected chi connectivity index (χ4v) is 3.08. The third-order valence-electron chi connectivity index (χ3n) is 4.77. The predicted molar refractivity (Wildman–Crippen MR) is 117 cm³/mol. The van der Waals surface area contributed by atoms with Gasteiger partial charge in [0.1, 0.15) is 36.3 Å². The molecule has 2 heterocycles. The van der Waals surface area contributed by atoms with E-state index < -0.39 is 0 Å². The highest BCUT2D eigenvalue weighted by atomic mass is 16.5. The predicted octanol–water partition coefficient (Wildman–Crippen LogP) is 5.08. The van der Waals surface area contributed by atoms with E-state index >= 15 is 0 Å². The molecule has 0 fully saturated rings. The van der Waals surface area contributed by atoms with Crippen molar-refractivity contribution >= 4 is 0 Å². The Hall–Kier alpha value is -4.31. The molecule has 2 aromatic carbocycles.